The van der Waals surface area contributed by atoms with Gasteiger partial charge in [0, 0.05) is 22.7 Å². The van der Waals surface area contributed by atoms with Gasteiger partial charge in [0.05, 0.1) is 22.8 Å². The lowest BCUT2D eigenvalue weighted by molar-refractivity contribution is -0.121. The first-order chi connectivity index (χ1) is 17.3. The Hall–Kier alpha value is -3.26. The van der Waals surface area contributed by atoms with Crippen molar-refractivity contribution in [3.63, 3.8) is 0 Å². The molecule has 184 valence electrons. The molecule has 1 aliphatic heterocycles. The molecule has 0 aromatic heterocycles. The maximum atomic E-state index is 12.8. The number of ether oxygens (including phenoxy) is 2. The normalized spacial score (nSPS) is 15.6. The quantitative estimate of drug-likeness (QED) is 0.238. The third-order valence-electron chi connectivity index (χ3n) is 5.19. The van der Waals surface area contributed by atoms with Gasteiger partial charge in [-0.25, -0.2) is 9.79 Å². The molecule has 0 unspecified atom stereocenters. The standard InChI is InChI=1S/C27H22Cl2N2O4S/c1-3-34-26(33)18-7-10-21(11-8-18)30-27-31(2)25(32)24(36-27)14-17-4-12-22(13-5-17)35-16-19-6-9-20(28)15-23(19)29/h4-15H,3,16H2,1-2H3. The lowest BCUT2D eigenvalue weighted by atomic mass is 10.2. The number of esters is 1. The summed E-state index contributed by atoms with van der Waals surface area (Å²) in [6.45, 7) is 2.39. The van der Waals surface area contributed by atoms with E-state index in [2.05, 4.69) is 4.99 Å². The molecular formula is C27H22Cl2N2O4S. The van der Waals surface area contributed by atoms with Crippen molar-refractivity contribution in [1.29, 1.82) is 0 Å². The minimum absolute atomic E-state index is 0.139. The maximum absolute atomic E-state index is 12.8. The van der Waals surface area contributed by atoms with E-state index < -0.39 is 0 Å². The number of thioether (sulfide) groups is 1. The first kappa shape index (κ1) is 25.8. The number of halogens is 2. The van der Waals surface area contributed by atoms with Gasteiger partial charge in [-0.05, 0) is 78.9 Å². The smallest absolute Gasteiger partial charge is 0.338 e. The van der Waals surface area contributed by atoms with Gasteiger partial charge in [0.2, 0.25) is 0 Å². The number of carbonyl (C=O) groups excluding carboxylic acids is 2. The van der Waals surface area contributed by atoms with Crippen molar-refractivity contribution in [2.75, 3.05) is 13.7 Å². The van der Waals surface area contributed by atoms with E-state index in [4.69, 9.17) is 32.7 Å². The summed E-state index contributed by atoms with van der Waals surface area (Å²) in [6.07, 6.45) is 1.82. The highest BCUT2D eigenvalue weighted by Gasteiger charge is 2.30. The van der Waals surface area contributed by atoms with Crippen molar-refractivity contribution in [2.45, 2.75) is 13.5 Å². The largest absolute Gasteiger partial charge is 0.489 e. The molecule has 0 radical (unpaired) electrons. The minimum atomic E-state index is -0.380. The molecule has 3 aromatic carbocycles. The zero-order chi connectivity index (χ0) is 25.7. The van der Waals surface area contributed by atoms with Crippen molar-refractivity contribution < 1.29 is 19.1 Å². The third-order valence-corrected chi connectivity index (χ3v) is 6.84. The summed E-state index contributed by atoms with van der Waals surface area (Å²) >= 11 is 13.4. The molecule has 1 amide bonds. The molecular weight excluding hydrogens is 519 g/mol. The van der Waals surface area contributed by atoms with Crippen molar-refractivity contribution in [3.8, 4) is 5.75 Å². The second-order valence-corrected chi connectivity index (χ2v) is 9.58. The maximum Gasteiger partial charge on any atom is 0.338 e. The van der Waals surface area contributed by atoms with Crippen LogP contribution in [-0.4, -0.2) is 35.6 Å². The fraction of sp³-hybridized carbons (Fsp3) is 0.148. The van der Waals surface area contributed by atoms with Gasteiger partial charge in [0.1, 0.15) is 12.4 Å². The van der Waals surface area contributed by atoms with E-state index in [9.17, 15) is 9.59 Å². The molecule has 3 aromatic rings. The van der Waals surface area contributed by atoms with Crippen LogP contribution in [0.5, 0.6) is 5.75 Å². The van der Waals surface area contributed by atoms with Gasteiger partial charge >= 0.3 is 5.97 Å². The molecule has 9 heteroatoms. The van der Waals surface area contributed by atoms with Crippen molar-refractivity contribution in [2.24, 2.45) is 4.99 Å². The number of nitrogens with zero attached hydrogens (tertiary/aromatic N) is 2. The van der Waals surface area contributed by atoms with Gasteiger partial charge in [-0.1, -0.05) is 41.4 Å². The predicted octanol–water partition coefficient (Wildman–Crippen LogP) is 6.98. The van der Waals surface area contributed by atoms with Gasteiger partial charge in [0.15, 0.2) is 5.17 Å². The molecule has 1 fully saturated rings. The Morgan fingerprint density at radius 1 is 1.06 bits per heavy atom. The van der Waals surface area contributed by atoms with Crippen LogP contribution in [0.4, 0.5) is 5.69 Å². The van der Waals surface area contributed by atoms with Crippen LogP contribution < -0.4 is 4.74 Å². The number of rotatable bonds is 7. The van der Waals surface area contributed by atoms with Gasteiger partial charge in [-0.3, -0.25) is 9.69 Å². The third kappa shape index (κ3) is 6.29. The monoisotopic (exact) mass is 540 g/mol. The van der Waals surface area contributed by atoms with Gasteiger partial charge < -0.3 is 9.47 Å². The number of amidine groups is 1. The fourth-order valence-corrected chi connectivity index (χ4v) is 4.71. The highest BCUT2D eigenvalue weighted by Crippen LogP contribution is 2.33. The number of hydrogen-bond acceptors (Lipinski definition) is 6. The summed E-state index contributed by atoms with van der Waals surface area (Å²) in [4.78, 5) is 31.2. The average Bonchev–Trinajstić information content (AvgIpc) is 3.12. The van der Waals surface area contributed by atoms with Gasteiger partial charge in [-0.15, -0.1) is 0 Å². The Labute approximate surface area is 223 Å². The van der Waals surface area contributed by atoms with Crippen LogP contribution in [0.15, 0.2) is 76.6 Å². The summed E-state index contributed by atoms with van der Waals surface area (Å²) in [5, 5.41) is 1.68. The summed E-state index contributed by atoms with van der Waals surface area (Å²) in [5.41, 5.74) is 2.78. The molecule has 1 saturated heterocycles. The van der Waals surface area contributed by atoms with E-state index in [0.717, 1.165) is 11.1 Å². The van der Waals surface area contributed by atoms with E-state index in [1.54, 1.807) is 50.4 Å². The number of benzene rings is 3. The summed E-state index contributed by atoms with van der Waals surface area (Å²) in [5.74, 6) is 0.161. The molecule has 36 heavy (non-hydrogen) atoms. The van der Waals surface area contributed by atoms with Crippen LogP contribution in [0.2, 0.25) is 10.0 Å². The second-order valence-electron chi connectivity index (χ2n) is 7.73. The Bertz CT molecular complexity index is 1340. The molecule has 1 aliphatic rings. The highest BCUT2D eigenvalue weighted by atomic mass is 35.5. The van der Waals surface area contributed by atoms with Crippen LogP contribution in [0.1, 0.15) is 28.4 Å². The molecule has 6 nitrogen and oxygen atoms in total. The summed E-state index contributed by atoms with van der Waals surface area (Å²) in [6, 6.07) is 19.5. The average molecular weight is 541 g/mol. The first-order valence-electron chi connectivity index (χ1n) is 11.0. The molecule has 0 N–H and O–H groups in total. The van der Waals surface area contributed by atoms with E-state index in [0.29, 0.717) is 50.3 Å². The van der Waals surface area contributed by atoms with Crippen molar-refractivity contribution >= 4 is 63.8 Å². The minimum Gasteiger partial charge on any atom is -0.489 e. The Balaban J connectivity index is 1.42. The number of amides is 1. The number of aliphatic imine (C=N–C) groups is 1. The number of carbonyl (C=O) groups is 2. The van der Waals surface area contributed by atoms with Crippen LogP contribution in [0.3, 0.4) is 0 Å². The fourth-order valence-electron chi connectivity index (χ4n) is 3.26. The van der Waals surface area contributed by atoms with Crippen LogP contribution in [0.25, 0.3) is 6.08 Å². The number of hydrogen-bond donors (Lipinski definition) is 0. The first-order valence-corrected chi connectivity index (χ1v) is 12.6. The lowest BCUT2D eigenvalue weighted by Gasteiger charge is -2.08. The Morgan fingerprint density at radius 3 is 2.44 bits per heavy atom. The molecule has 0 atom stereocenters. The van der Waals surface area contributed by atoms with E-state index in [-0.39, 0.29) is 11.9 Å². The SMILES string of the molecule is CCOC(=O)c1ccc(N=C2SC(=Cc3ccc(OCc4ccc(Cl)cc4Cl)cc3)C(=O)N2C)cc1. The molecule has 0 aliphatic carbocycles. The predicted molar refractivity (Wildman–Crippen MR) is 145 cm³/mol. The van der Waals surface area contributed by atoms with Gasteiger partial charge in [-0.2, -0.15) is 0 Å². The van der Waals surface area contributed by atoms with Gasteiger partial charge in [0.25, 0.3) is 5.91 Å². The molecule has 4 rings (SSSR count). The number of likely N-dealkylation sites (N-methyl/N-ethyl adjacent to an activating group) is 1. The van der Waals surface area contributed by atoms with Crippen molar-refractivity contribution in [1.82, 2.24) is 4.90 Å². The molecule has 0 spiro atoms. The zero-order valence-electron chi connectivity index (χ0n) is 19.5. The Morgan fingerprint density at radius 2 is 1.78 bits per heavy atom. The summed E-state index contributed by atoms with van der Waals surface area (Å²) in [7, 11) is 1.68. The highest BCUT2D eigenvalue weighted by molar-refractivity contribution is 8.18. The topological polar surface area (TPSA) is 68.2 Å². The van der Waals surface area contributed by atoms with E-state index in [1.807, 2.05) is 36.4 Å². The van der Waals surface area contributed by atoms with Crippen LogP contribution >= 0.6 is 35.0 Å². The van der Waals surface area contributed by atoms with Crippen LogP contribution in [0, 0.1) is 0 Å². The van der Waals surface area contributed by atoms with Crippen molar-refractivity contribution in [3.05, 3.63) is 98.4 Å². The zero-order valence-corrected chi connectivity index (χ0v) is 21.9. The van der Waals surface area contributed by atoms with E-state index in [1.165, 1.54) is 16.7 Å². The Kier molecular flexibility index (Phi) is 8.36. The summed E-state index contributed by atoms with van der Waals surface area (Å²) < 4.78 is 10.8. The molecule has 1 heterocycles. The van der Waals surface area contributed by atoms with Crippen LogP contribution in [-0.2, 0) is 16.1 Å². The second kappa shape index (κ2) is 11.6. The van der Waals surface area contributed by atoms with E-state index >= 15 is 0 Å². The molecule has 0 bridgehead atoms. The lowest BCUT2D eigenvalue weighted by Crippen LogP contribution is -2.23. The molecule has 0 saturated carbocycles.